The largest absolute Gasteiger partial charge is 0.303 e. The summed E-state index contributed by atoms with van der Waals surface area (Å²) in [7, 11) is 0. The molecule has 0 aromatic heterocycles. The Hall–Kier alpha value is -1.06. The van der Waals surface area contributed by atoms with Crippen molar-refractivity contribution in [2.45, 2.75) is 33.1 Å². The molecule has 0 aromatic rings. The Morgan fingerprint density at radius 3 is 2.33 bits per heavy atom. The van der Waals surface area contributed by atoms with E-state index in [9.17, 15) is 0 Å². The molecule has 1 aliphatic heterocycles. The molecule has 1 aliphatic rings. The average molecular weight is 205 g/mol. The maximum Gasteiger partial charge on any atom is 0.0684 e. The average Bonchev–Trinajstić information content (AvgIpc) is 2.27. The van der Waals surface area contributed by atoms with Gasteiger partial charge in [0, 0.05) is 5.92 Å². The summed E-state index contributed by atoms with van der Waals surface area (Å²) in [4.78, 5) is 2.37. The third kappa shape index (κ3) is 3.90. The van der Waals surface area contributed by atoms with Gasteiger partial charge in [-0.15, -0.1) is 0 Å². The highest BCUT2D eigenvalue weighted by Gasteiger charge is 2.22. The van der Waals surface area contributed by atoms with Crippen molar-refractivity contribution in [3.63, 3.8) is 0 Å². The Kier molecular flexibility index (Phi) is 4.12. The Labute approximate surface area is 92.3 Å². The lowest BCUT2D eigenvalue weighted by molar-refractivity contribution is 0.187. The summed E-state index contributed by atoms with van der Waals surface area (Å²) < 4.78 is 0. The molecule has 1 saturated heterocycles. The first-order valence-electron chi connectivity index (χ1n) is 5.60. The Balaban J connectivity index is 2.26. The topological polar surface area (TPSA) is 50.8 Å². The van der Waals surface area contributed by atoms with E-state index < -0.39 is 0 Å². The highest BCUT2D eigenvalue weighted by Crippen LogP contribution is 2.21. The van der Waals surface area contributed by atoms with Gasteiger partial charge in [-0.2, -0.15) is 10.5 Å². The van der Waals surface area contributed by atoms with Gasteiger partial charge in [-0.3, -0.25) is 0 Å². The van der Waals surface area contributed by atoms with Crippen molar-refractivity contribution in [2.75, 3.05) is 19.6 Å². The van der Waals surface area contributed by atoms with Gasteiger partial charge in [-0.25, -0.2) is 0 Å². The minimum absolute atomic E-state index is 0.216. The number of rotatable bonds is 3. The molecule has 3 nitrogen and oxygen atoms in total. The fraction of sp³-hybridized carbons (Fsp3) is 0.833. The van der Waals surface area contributed by atoms with E-state index in [2.05, 4.69) is 17.0 Å². The van der Waals surface area contributed by atoms with Crippen LogP contribution in [0.1, 0.15) is 33.1 Å². The molecule has 1 heterocycles. The molecule has 1 rings (SSSR count). The molecule has 3 heteroatoms. The molecule has 15 heavy (non-hydrogen) atoms. The van der Waals surface area contributed by atoms with Crippen LogP contribution < -0.4 is 0 Å². The van der Waals surface area contributed by atoms with Crippen LogP contribution in [0.2, 0.25) is 0 Å². The van der Waals surface area contributed by atoms with E-state index in [-0.39, 0.29) is 11.3 Å². The predicted molar refractivity (Wildman–Crippen MR) is 58.8 cm³/mol. The lowest BCUT2D eigenvalue weighted by Crippen LogP contribution is -2.35. The monoisotopic (exact) mass is 205 g/mol. The number of nitrogens with zero attached hydrogens (tertiary/aromatic N) is 3. The van der Waals surface area contributed by atoms with Gasteiger partial charge < -0.3 is 4.90 Å². The predicted octanol–water partition coefficient (Wildman–Crippen LogP) is 2.16. The number of nitriles is 2. The Morgan fingerprint density at radius 2 is 1.87 bits per heavy atom. The summed E-state index contributed by atoms with van der Waals surface area (Å²) in [5.74, 6) is 0.255. The van der Waals surface area contributed by atoms with E-state index >= 15 is 0 Å². The molecular formula is C12H19N3. The third-order valence-electron chi connectivity index (χ3n) is 3.13. The SMILES string of the molecule is CC(C)(C#N)CCN1CCC(C#N)CC1. The standard InChI is InChI=1S/C12H19N3/c1-12(2,10-14)5-8-15-6-3-11(9-13)4-7-15/h11H,3-8H2,1-2H3. The van der Waals surface area contributed by atoms with E-state index in [4.69, 9.17) is 10.5 Å². The fourth-order valence-electron chi connectivity index (χ4n) is 1.78. The van der Waals surface area contributed by atoms with Crippen molar-refractivity contribution < 1.29 is 0 Å². The highest BCUT2D eigenvalue weighted by molar-refractivity contribution is 4.93. The van der Waals surface area contributed by atoms with Crippen molar-refractivity contribution in [1.29, 1.82) is 10.5 Å². The van der Waals surface area contributed by atoms with E-state index in [0.29, 0.717) is 0 Å². The van der Waals surface area contributed by atoms with Crippen LogP contribution in [0.3, 0.4) is 0 Å². The first-order chi connectivity index (χ1) is 7.07. The van der Waals surface area contributed by atoms with Crippen LogP contribution in [0.15, 0.2) is 0 Å². The quantitative estimate of drug-likeness (QED) is 0.709. The van der Waals surface area contributed by atoms with Gasteiger partial charge >= 0.3 is 0 Å². The summed E-state index contributed by atoms with van der Waals surface area (Å²) in [5.41, 5.74) is -0.216. The summed E-state index contributed by atoms with van der Waals surface area (Å²) in [6.45, 7) is 6.97. The first-order valence-corrected chi connectivity index (χ1v) is 5.60. The van der Waals surface area contributed by atoms with E-state index in [0.717, 1.165) is 38.9 Å². The molecule has 0 spiro atoms. The second-order valence-corrected chi connectivity index (χ2v) is 4.99. The molecule has 0 amide bonds. The van der Waals surface area contributed by atoms with Gasteiger partial charge in [-0.05, 0) is 52.7 Å². The molecule has 0 unspecified atom stereocenters. The van der Waals surface area contributed by atoms with Crippen molar-refractivity contribution in [2.24, 2.45) is 11.3 Å². The highest BCUT2D eigenvalue weighted by atomic mass is 15.1. The molecule has 0 saturated carbocycles. The fourth-order valence-corrected chi connectivity index (χ4v) is 1.78. The van der Waals surface area contributed by atoms with E-state index in [1.54, 1.807) is 0 Å². The zero-order chi connectivity index (χ0) is 11.3. The molecule has 0 radical (unpaired) electrons. The molecule has 0 atom stereocenters. The van der Waals surface area contributed by atoms with Gasteiger partial charge in [0.25, 0.3) is 0 Å². The molecule has 0 aromatic carbocycles. The lowest BCUT2D eigenvalue weighted by Gasteiger charge is -2.30. The summed E-state index contributed by atoms with van der Waals surface area (Å²) in [6, 6.07) is 4.65. The summed E-state index contributed by atoms with van der Waals surface area (Å²) in [6.07, 6.45) is 2.90. The van der Waals surface area contributed by atoms with Gasteiger partial charge in [0.15, 0.2) is 0 Å². The van der Waals surface area contributed by atoms with Crippen LogP contribution in [0.25, 0.3) is 0 Å². The van der Waals surface area contributed by atoms with Crippen molar-refractivity contribution >= 4 is 0 Å². The second kappa shape index (κ2) is 5.14. The number of piperidine rings is 1. The summed E-state index contributed by atoms with van der Waals surface area (Å²) >= 11 is 0. The zero-order valence-electron chi connectivity index (χ0n) is 9.66. The van der Waals surface area contributed by atoms with Gasteiger partial charge in [0.2, 0.25) is 0 Å². The number of hydrogen-bond donors (Lipinski definition) is 0. The van der Waals surface area contributed by atoms with Crippen molar-refractivity contribution in [3.05, 3.63) is 0 Å². The maximum absolute atomic E-state index is 8.89. The van der Waals surface area contributed by atoms with Crippen molar-refractivity contribution in [3.8, 4) is 12.1 Å². The molecule has 82 valence electrons. The van der Waals surface area contributed by atoms with Crippen LogP contribution in [0, 0.1) is 34.0 Å². The number of hydrogen-bond acceptors (Lipinski definition) is 3. The number of likely N-dealkylation sites (tertiary alicyclic amines) is 1. The zero-order valence-corrected chi connectivity index (χ0v) is 9.66. The van der Waals surface area contributed by atoms with Crippen LogP contribution >= 0.6 is 0 Å². The molecule has 1 fully saturated rings. The normalized spacial score (nSPS) is 19.5. The van der Waals surface area contributed by atoms with Crippen LogP contribution in [-0.4, -0.2) is 24.5 Å². The van der Waals surface area contributed by atoms with Gasteiger partial charge in [0.05, 0.1) is 17.6 Å². The maximum atomic E-state index is 8.89. The second-order valence-electron chi connectivity index (χ2n) is 4.99. The van der Waals surface area contributed by atoms with Crippen LogP contribution in [-0.2, 0) is 0 Å². The lowest BCUT2D eigenvalue weighted by atomic mass is 9.90. The van der Waals surface area contributed by atoms with E-state index in [1.165, 1.54) is 0 Å². The first kappa shape index (κ1) is 12.0. The molecular weight excluding hydrogens is 186 g/mol. The molecule has 0 bridgehead atoms. The van der Waals surface area contributed by atoms with Gasteiger partial charge in [-0.1, -0.05) is 0 Å². The van der Waals surface area contributed by atoms with Crippen LogP contribution in [0.4, 0.5) is 0 Å². The minimum atomic E-state index is -0.216. The van der Waals surface area contributed by atoms with Gasteiger partial charge in [0.1, 0.15) is 0 Å². The minimum Gasteiger partial charge on any atom is -0.303 e. The third-order valence-corrected chi connectivity index (χ3v) is 3.13. The summed E-state index contributed by atoms with van der Waals surface area (Å²) in [5, 5.41) is 17.7. The van der Waals surface area contributed by atoms with Crippen molar-refractivity contribution in [1.82, 2.24) is 4.90 Å². The molecule has 0 N–H and O–H groups in total. The smallest absolute Gasteiger partial charge is 0.0684 e. The Bertz CT molecular complexity index is 274. The molecule has 0 aliphatic carbocycles. The van der Waals surface area contributed by atoms with Crippen LogP contribution in [0.5, 0.6) is 0 Å². The van der Waals surface area contributed by atoms with E-state index in [1.807, 2.05) is 13.8 Å². The Morgan fingerprint density at radius 1 is 1.27 bits per heavy atom.